The molecule has 6 nitrogen and oxygen atoms in total. The monoisotopic (exact) mass is 476 g/mol. The molecule has 2 N–H and O–H groups in total. The molecule has 0 aliphatic rings. The zero-order valence-corrected chi connectivity index (χ0v) is 19.3. The van der Waals surface area contributed by atoms with Gasteiger partial charge in [0.25, 0.3) is 0 Å². The molecule has 0 atom stereocenters. The minimum absolute atomic E-state index is 0. The van der Waals surface area contributed by atoms with Gasteiger partial charge >= 0.3 is 0 Å². The number of nitrogens with one attached hydrogen (secondary N) is 2. The standard InChI is InChI=1S/C16H36N4O2S.HI/c1-7-17-16(19-11-13-23(21,22)8-2)18-10-9-12-20(14(3)4)15(5)6;/h14-15H,7-13H2,1-6H3,(H2,17,18,19);1H. The third-order valence-electron chi connectivity index (χ3n) is 3.66. The molecular formula is C16H37IN4O2S. The first-order chi connectivity index (χ1) is 10.7. The molecule has 146 valence electrons. The van der Waals surface area contributed by atoms with Gasteiger partial charge in [0.15, 0.2) is 15.8 Å². The summed E-state index contributed by atoms with van der Waals surface area (Å²) >= 11 is 0. The van der Waals surface area contributed by atoms with Crippen LogP contribution in [0.1, 0.15) is 48.0 Å². The van der Waals surface area contributed by atoms with E-state index in [-0.39, 0.29) is 35.5 Å². The fraction of sp³-hybridized carbons (Fsp3) is 0.938. The van der Waals surface area contributed by atoms with Gasteiger partial charge in [-0.3, -0.25) is 9.89 Å². The Kier molecular flexibility index (Phi) is 15.4. The average Bonchev–Trinajstić information content (AvgIpc) is 2.45. The molecule has 0 heterocycles. The van der Waals surface area contributed by atoms with E-state index in [1.807, 2.05) is 6.92 Å². The fourth-order valence-electron chi connectivity index (χ4n) is 2.37. The lowest BCUT2D eigenvalue weighted by Gasteiger charge is -2.30. The van der Waals surface area contributed by atoms with E-state index in [1.54, 1.807) is 6.92 Å². The maximum absolute atomic E-state index is 11.5. The van der Waals surface area contributed by atoms with Crippen molar-refractivity contribution in [3.05, 3.63) is 0 Å². The Morgan fingerprint density at radius 1 is 1.08 bits per heavy atom. The normalized spacial score (nSPS) is 12.6. The quantitative estimate of drug-likeness (QED) is 0.207. The second-order valence-corrected chi connectivity index (χ2v) is 8.68. The summed E-state index contributed by atoms with van der Waals surface area (Å²) in [4.78, 5) is 6.97. The molecule has 0 aromatic rings. The van der Waals surface area contributed by atoms with E-state index in [1.165, 1.54) is 0 Å². The van der Waals surface area contributed by atoms with E-state index in [2.05, 4.69) is 48.2 Å². The number of aliphatic imine (C=N–C) groups is 1. The van der Waals surface area contributed by atoms with E-state index in [0.717, 1.165) is 26.1 Å². The van der Waals surface area contributed by atoms with Crippen molar-refractivity contribution >= 4 is 39.8 Å². The second-order valence-electron chi connectivity index (χ2n) is 6.20. The lowest BCUT2D eigenvalue weighted by atomic mass is 10.2. The van der Waals surface area contributed by atoms with Crippen LogP contribution in [0, 0.1) is 0 Å². The lowest BCUT2D eigenvalue weighted by molar-refractivity contribution is 0.174. The van der Waals surface area contributed by atoms with E-state index in [9.17, 15) is 8.42 Å². The number of guanidine groups is 1. The van der Waals surface area contributed by atoms with Crippen LogP contribution in [-0.4, -0.2) is 69.0 Å². The van der Waals surface area contributed by atoms with E-state index < -0.39 is 9.84 Å². The van der Waals surface area contributed by atoms with Crippen molar-refractivity contribution in [2.75, 3.05) is 37.7 Å². The Hall–Kier alpha value is -0.0900. The van der Waals surface area contributed by atoms with Crippen LogP contribution in [0.2, 0.25) is 0 Å². The number of hydrogen-bond donors (Lipinski definition) is 2. The SMILES string of the molecule is CCNC(=NCCCN(C(C)C)C(C)C)NCCS(=O)(=O)CC.I. The maximum atomic E-state index is 11.5. The maximum Gasteiger partial charge on any atom is 0.191 e. The third-order valence-corrected chi connectivity index (χ3v) is 5.37. The Balaban J connectivity index is 0. The van der Waals surface area contributed by atoms with E-state index >= 15 is 0 Å². The van der Waals surface area contributed by atoms with Crippen LogP contribution >= 0.6 is 24.0 Å². The third kappa shape index (κ3) is 12.3. The van der Waals surface area contributed by atoms with Crippen LogP contribution in [0.4, 0.5) is 0 Å². The molecule has 0 aliphatic heterocycles. The van der Waals surface area contributed by atoms with Gasteiger partial charge in [-0.05, 0) is 41.0 Å². The van der Waals surface area contributed by atoms with E-state index in [4.69, 9.17) is 0 Å². The summed E-state index contributed by atoms with van der Waals surface area (Å²) in [5.74, 6) is 1.02. The molecule has 24 heavy (non-hydrogen) atoms. The van der Waals surface area contributed by atoms with Gasteiger partial charge < -0.3 is 10.6 Å². The molecule has 0 spiro atoms. The zero-order valence-electron chi connectivity index (χ0n) is 16.1. The predicted octanol–water partition coefficient (Wildman–Crippen LogP) is 2.10. The van der Waals surface area contributed by atoms with Crippen LogP contribution in [-0.2, 0) is 9.84 Å². The summed E-state index contributed by atoms with van der Waals surface area (Å²) in [5.41, 5.74) is 0. The molecule has 8 heteroatoms. The van der Waals surface area contributed by atoms with Crippen LogP contribution in [0.15, 0.2) is 4.99 Å². The summed E-state index contributed by atoms with van der Waals surface area (Å²) in [7, 11) is -2.94. The minimum Gasteiger partial charge on any atom is -0.357 e. The van der Waals surface area contributed by atoms with Crippen molar-refractivity contribution in [1.29, 1.82) is 0 Å². The number of nitrogens with zero attached hydrogens (tertiary/aromatic N) is 2. The lowest BCUT2D eigenvalue weighted by Crippen LogP contribution is -2.40. The van der Waals surface area contributed by atoms with Crippen molar-refractivity contribution in [1.82, 2.24) is 15.5 Å². The molecule has 0 saturated heterocycles. The summed E-state index contributed by atoms with van der Waals surface area (Å²) in [5, 5.41) is 6.24. The second kappa shape index (κ2) is 14.1. The fourth-order valence-corrected chi connectivity index (χ4v) is 3.07. The van der Waals surface area contributed by atoms with Gasteiger partial charge in [0.05, 0.1) is 5.75 Å². The number of hydrogen-bond acceptors (Lipinski definition) is 4. The molecule has 0 aliphatic carbocycles. The highest BCUT2D eigenvalue weighted by molar-refractivity contribution is 14.0. The molecule has 0 aromatic heterocycles. The summed E-state index contributed by atoms with van der Waals surface area (Å²) in [6.07, 6.45) is 0.986. The van der Waals surface area contributed by atoms with Crippen LogP contribution in [0.5, 0.6) is 0 Å². The molecule has 0 radical (unpaired) electrons. The topological polar surface area (TPSA) is 73.8 Å². The van der Waals surface area contributed by atoms with E-state index in [0.29, 0.717) is 24.6 Å². The zero-order chi connectivity index (χ0) is 17.9. The van der Waals surface area contributed by atoms with Gasteiger partial charge in [0.1, 0.15) is 0 Å². The van der Waals surface area contributed by atoms with Crippen molar-refractivity contribution < 1.29 is 8.42 Å². The molecule has 0 bridgehead atoms. The smallest absolute Gasteiger partial charge is 0.191 e. The van der Waals surface area contributed by atoms with Gasteiger partial charge in [-0.25, -0.2) is 8.42 Å². The van der Waals surface area contributed by atoms with Crippen LogP contribution < -0.4 is 10.6 Å². The van der Waals surface area contributed by atoms with Gasteiger partial charge in [0, 0.05) is 44.0 Å². The first kappa shape index (κ1) is 26.1. The molecule has 0 aromatic carbocycles. The Bertz CT molecular complexity index is 431. The highest BCUT2D eigenvalue weighted by Gasteiger charge is 2.12. The number of sulfone groups is 1. The molecule has 0 fully saturated rings. The van der Waals surface area contributed by atoms with Gasteiger partial charge in [-0.15, -0.1) is 24.0 Å². The Morgan fingerprint density at radius 2 is 1.67 bits per heavy atom. The number of rotatable bonds is 11. The van der Waals surface area contributed by atoms with Crippen molar-refractivity contribution in [2.45, 2.75) is 60.0 Å². The van der Waals surface area contributed by atoms with Crippen molar-refractivity contribution in [3.63, 3.8) is 0 Å². The molecule has 0 unspecified atom stereocenters. The number of halogens is 1. The molecular weight excluding hydrogens is 439 g/mol. The Morgan fingerprint density at radius 3 is 2.12 bits per heavy atom. The Labute approximate surface area is 166 Å². The predicted molar refractivity (Wildman–Crippen MR) is 115 cm³/mol. The summed E-state index contributed by atoms with van der Waals surface area (Å²) < 4.78 is 23.0. The highest BCUT2D eigenvalue weighted by atomic mass is 127. The van der Waals surface area contributed by atoms with Gasteiger partial charge in [-0.1, -0.05) is 6.92 Å². The largest absolute Gasteiger partial charge is 0.357 e. The van der Waals surface area contributed by atoms with Crippen molar-refractivity contribution in [3.8, 4) is 0 Å². The first-order valence-electron chi connectivity index (χ1n) is 8.71. The van der Waals surface area contributed by atoms with Gasteiger partial charge in [-0.2, -0.15) is 0 Å². The molecule has 0 saturated carbocycles. The van der Waals surface area contributed by atoms with Crippen LogP contribution in [0.25, 0.3) is 0 Å². The minimum atomic E-state index is -2.94. The average molecular weight is 476 g/mol. The molecule has 0 amide bonds. The van der Waals surface area contributed by atoms with Crippen molar-refractivity contribution in [2.24, 2.45) is 4.99 Å². The van der Waals surface area contributed by atoms with Crippen LogP contribution in [0.3, 0.4) is 0 Å². The highest BCUT2D eigenvalue weighted by Crippen LogP contribution is 2.05. The summed E-state index contributed by atoms with van der Waals surface area (Å²) in [6, 6.07) is 1.06. The summed E-state index contributed by atoms with van der Waals surface area (Å²) in [6.45, 7) is 15.4. The van der Waals surface area contributed by atoms with Gasteiger partial charge in [0.2, 0.25) is 0 Å². The first-order valence-corrected chi connectivity index (χ1v) is 10.5. The molecule has 0 rings (SSSR count).